The predicted molar refractivity (Wildman–Crippen MR) is 59.6 cm³/mol. The molecular formula is C9H6Cl2N2OS. The molecular weight excluding hydrogens is 255 g/mol. The number of aromatic nitrogens is 2. The summed E-state index contributed by atoms with van der Waals surface area (Å²) in [6.07, 6.45) is 1.63. The van der Waals surface area contributed by atoms with Crippen molar-refractivity contribution in [1.29, 1.82) is 0 Å². The van der Waals surface area contributed by atoms with Gasteiger partial charge < -0.3 is 4.42 Å². The summed E-state index contributed by atoms with van der Waals surface area (Å²) in [5.41, 5.74) is 0. The van der Waals surface area contributed by atoms with Crippen LogP contribution in [0.2, 0.25) is 10.4 Å². The lowest BCUT2D eigenvalue weighted by atomic mass is 10.5. The van der Waals surface area contributed by atoms with Crippen molar-refractivity contribution in [2.24, 2.45) is 0 Å². The summed E-state index contributed by atoms with van der Waals surface area (Å²) < 4.78 is 5.17. The number of halogens is 2. The molecule has 0 amide bonds. The van der Waals surface area contributed by atoms with Gasteiger partial charge in [0.25, 0.3) is 0 Å². The quantitative estimate of drug-likeness (QED) is 0.608. The Morgan fingerprint density at radius 3 is 2.73 bits per heavy atom. The second-order valence-electron chi connectivity index (χ2n) is 2.74. The van der Waals surface area contributed by atoms with Gasteiger partial charge in [0.1, 0.15) is 15.9 Å². The molecule has 0 bridgehead atoms. The molecule has 3 nitrogen and oxygen atoms in total. The van der Waals surface area contributed by atoms with Gasteiger partial charge in [0, 0.05) is 6.07 Å². The van der Waals surface area contributed by atoms with Crippen LogP contribution in [0.1, 0.15) is 5.76 Å². The molecule has 0 aromatic carbocycles. The van der Waals surface area contributed by atoms with Crippen LogP contribution >= 0.6 is 35.0 Å². The van der Waals surface area contributed by atoms with Crippen LogP contribution in [0, 0.1) is 6.92 Å². The lowest BCUT2D eigenvalue weighted by Gasteiger charge is -1.99. The maximum absolute atomic E-state index is 5.76. The summed E-state index contributed by atoms with van der Waals surface area (Å²) in [7, 11) is 0. The van der Waals surface area contributed by atoms with E-state index in [0.29, 0.717) is 10.2 Å². The van der Waals surface area contributed by atoms with E-state index in [9.17, 15) is 0 Å². The minimum Gasteiger partial charge on any atom is -0.468 e. The van der Waals surface area contributed by atoms with Crippen LogP contribution in [-0.2, 0) is 0 Å². The highest BCUT2D eigenvalue weighted by Crippen LogP contribution is 2.30. The Kier molecular flexibility index (Phi) is 3.19. The molecule has 0 N–H and O–H groups in total. The van der Waals surface area contributed by atoms with Gasteiger partial charge in [0.15, 0.2) is 0 Å². The van der Waals surface area contributed by atoms with Gasteiger partial charge >= 0.3 is 0 Å². The van der Waals surface area contributed by atoms with E-state index < -0.39 is 0 Å². The zero-order valence-electron chi connectivity index (χ0n) is 7.70. The Bertz CT molecular complexity index is 466. The van der Waals surface area contributed by atoms with E-state index in [0.717, 1.165) is 10.7 Å². The summed E-state index contributed by atoms with van der Waals surface area (Å²) in [5.74, 6) is 0.839. The van der Waals surface area contributed by atoms with Crippen molar-refractivity contribution in [2.75, 3.05) is 0 Å². The van der Waals surface area contributed by atoms with E-state index >= 15 is 0 Å². The molecule has 15 heavy (non-hydrogen) atoms. The van der Waals surface area contributed by atoms with Gasteiger partial charge in [0.2, 0.25) is 5.28 Å². The highest BCUT2D eigenvalue weighted by molar-refractivity contribution is 7.99. The first-order chi connectivity index (χ1) is 7.15. The lowest BCUT2D eigenvalue weighted by Crippen LogP contribution is -1.85. The summed E-state index contributed by atoms with van der Waals surface area (Å²) in [6.45, 7) is 1.88. The van der Waals surface area contributed by atoms with Crippen LogP contribution in [0.25, 0.3) is 0 Å². The molecule has 0 atom stereocenters. The van der Waals surface area contributed by atoms with Crippen LogP contribution in [0.15, 0.2) is 32.7 Å². The van der Waals surface area contributed by atoms with Crippen LogP contribution < -0.4 is 0 Å². The minimum absolute atomic E-state index is 0.145. The van der Waals surface area contributed by atoms with Gasteiger partial charge in [-0.1, -0.05) is 23.4 Å². The van der Waals surface area contributed by atoms with Gasteiger partial charge in [-0.2, -0.15) is 0 Å². The summed E-state index contributed by atoms with van der Waals surface area (Å²) >= 11 is 12.9. The Balaban J connectivity index is 2.28. The van der Waals surface area contributed by atoms with E-state index in [1.165, 1.54) is 11.8 Å². The number of rotatable bonds is 2. The molecule has 0 radical (unpaired) electrons. The van der Waals surface area contributed by atoms with Crippen molar-refractivity contribution in [2.45, 2.75) is 16.8 Å². The third kappa shape index (κ3) is 2.65. The number of furan rings is 1. The molecule has 0 saturated carbocycles. The molecule has 2 heterocycles. The molecule has 78 valence electrons. The Morgan fingerprint density at radius 1 is 1.33 bits per heavy atom. The fourth-order valence-electron chi connectivity index (χ4n) is 1.01. The highest BCUT2D eigenvalue weighted by atomic mass is 35.5. The van der Waals surface area contributed by atoms with Crippen LogP contribution in [0.4, 0.5) is 0 Å². The van der Waals surface area contributed by atoms with Crippen LogP contribution in [0.3, 0.4) is 0 Å². The molecule has 0 unspecified atom stereocenters. The Labute approximate surface area is 101 Å². The van der Waals surface area contributed by atoms with E-state index in [1.807, 2.05) is 13.0 Å². The first kappa shape index (κ1) is 10.8. The van der Waals surface area contributed by atoms with Crippen molar-refractivity contribution >= 4 is 35.0 Å². The average Bonchev–Trinajstić information content (AvgIpc) is 2.50. The average molecular weight is 261 g/mol. The van der Waals surface area contributed by atoms with E-state index in [2.05, 4.69) is 9.97 Å². The number of hydrogen-bond acceptors (Lipinski definition) is 4. The fraction of sp³-hybridized carbons (Fsp3) is 0.111. The SMILES string of the molecule is Cc1occc1Sc1cc(Cl)nc(Cl)n1. The number of aryl methyl sites for hydroxylation is 1. The van der Waals surface area contributed by atoms with Gasteiger partial charge in [-0.25, -0.2) is 9.97 Å². The van der Waals surface area contributed by atoms with Gasteiger partial charge in [-0.05, 0) is 24.6 Å². The topological polar surface area (TPSA) is 38.9 Å². The van der Waals surface area contributed by atoms with Gasteiger partial charge in [0.05, 0.1) is 11.2 Å². The standard InChI is InChI=1S/C9H6Cl2N2OS/c1-5-6(2-3-14-5)15-8-4-7(10)12-9(11)13-8/h2-4H,1H3. The van der Waals surface area contributed by atoms with Gasteiger partial charge in [-0.3, -0.25) is 0 Å². The number of nitrogens with zero attached hydrogens (tertiary/aromatic N) is 2. The van der Waals surface area contributed by atoms with Crippen molar-refractivity contribution in [3.63, 3.8) is 0 Å². The molecule has 0 spiro atoms. The normalized spacial score (nSPS) is 10.6. The molecule has 0 aliphatic carbocycles. The molecule has 2 aromatic rings. The van der Waals surface area contributed by atoms with Crippen LogP contribution in [0.5, 0.6) is 0 Å². The monoisotopic (exact) mass is 260 g/mol. The van der Waals surface area contributed by atoms with Gasteiger partial charge in [-0.15, -0.1) is 0 Å². The molecule has 0 saturated heterocycles. The summed E-state index contributed by atoms with van der Waals surface area (Å²) in [5, 5.41) is 1.18. The van der Waals surface area contributed by atoms with Crippen LogP contribution in [-0.4, -0.2) is 9.97 Å². The first-order valence-corrected chi connectivity index (χ1v) is 5.64. The third-order valence-electron chi connectivity index (χ3n) is 1.67. The zero-order chi connectivity index (χ0) is 10.8. The van der Waals surface area contributed by atoms with E-state index in [1.54, 1.807) is 12.3 Å². The van der Waals surface area contributed by atoms with E-state index in [4.69, 9.17) is 27.6 Å². The third-order valence-corrected chi connectivity index (χ3v) is 3.09. The maximum Gasteiger partial charge on any atom is 0.224 e. The zero-order valence-corrected chi connectivity index (χ0v) is 10.0. The molecule has 0 aliphatic rings. The molecule has 2 rings (SSSR count). The Morgan fingerprint density at radius 2 is 2.13 bits per heavy atom. The lowest BCUT2D eigenvalue weighted by molar-refractivity contribution is 0.527. The highest BCUT2D eigenvalue weighted by Gasteiger charge is 2.07. The maximum atomic E-state index is 5.76. The van der Waals surface area contributed by atoms with Crippen molar-refractivity contribution in [3.05, 3.63) is 34.6 Å². The number of hydrogen-bond donors (Lipinski definition) is 0. The molecule has 2 aromatic heterocycles. The summed E-state index contributed by atoms with van der Waals surface area (Å²) in [6, 6.07) is 3.52. The van der Waals surface area contributed by atoms with Crippen molar-refractivity contribution in [3.8, 4) is 0 Å². The predicted octanol–water partition coefficient (Wildman–Crippen LogP) is 3.84. The summed E-state index contributed by atoms with van der Waals surface area (Å²) in [4.78, 5) is 8.80. The van der Waals surface area contributed by atoms with Crippen molar-refractivity contribution in [1.82, 2.24) is 9.97 Å². The smallest absolute Gasteiger partial charge is 0.224 e. The first-order valence-electron chi connectivity index (χ1n) is 4.07. The fourth-order valence-corrected chi connectivity index (χ4v) is 2.38. The van der Waals surface area contributed by atoms with E-state index in [-0.39, 0.29) is 5.28 Å². The van der Waals surface area contributed by atoms with Crippen molar-refractivity contribution < 1.29 is 4.42 Å². The molecule has 6 heteroatoms. The second-order valence-corrected chi connectivity index (χ2v) is 4.53. The second kappa shape index (κ2) is 4.43. The minimum atomic E-state index is 0.145. The largest absolute Gasteiger partial charge is 0.468 e. The Hall–Kier alpha value is -0.710. The molecule has 0 aliphatic heterocycles. The molecule has 0 fully saturated rings.